The third-order valence-corrected chi connectivity index (χ3v) is 5.27. The van der Waals surface area contributed by atoms with Gasteiger partial charge in [-0.2, -0.15) is 0 Å². The number of nitrogens with one attached hydrogen (secondary N) is 1. The molecule has 3 heterocycles. The normalized spacial score (nSPS) is 19.9. The van der Waals surface area contributed by atoms with Crippen molar-refractivity contribution in [1.82, 2.24) is 20.4 Å². The van der Waals surface area contributed by atoms with Crippen LogP contribution in [0.15, 0.2) is 27.4 Å². The number of hydrogen-bond donors (Lipinski definition) is 1. The lowest BCUT2D eigenvalue weighted by atomic mass is 9.95. The topological polar surface area (TPSA) is 84.4 Å². The first kappa shape index (κ1) is 16.2. The molecule has 25 heavy (non-hydrogen) atoms. The Morgan fingerprint density at radius 3 is 2.64 bits per heavy atom. The highest BCUT2D eigenvalue weighted by Crippen LogP contribution is 2.29. The molecule has 2 aromatic heterocycles. The minimum atomic E-state index is 0.0787. The predicted molar refractivity (Wildman–Crippen MR) is 91.0 cm³/mol. The summed E-state index contributed by atoms with van der Waals surface area (Å²) in [6.45, 7) is 1.46. The van der Waals surface area contributed by atoms with Crippen molar-refractivity contribution in [2.24, 2.45) is 0 Å². The van der Waals surface area contributed by atoms with Gasteiger partial charge in [0.25, 0.3) is 5.89 Å². The van der Waals surface area contributed by atoms with Gasteiger partial charge in [-0.3, -0.25) is 0 Å². The van der Waals surface area contributed by atoms with Crippen LogP contribution < -0.4 is 5.32 Å². The molecule has 134 valence electrons. The molecule has 4 rings (SSSR count). The van der Waals surface area contributed by atoms with Crippen LogP contribution in [0.1, 0.15) is 56.8 Å². The molecule has 1 N–H and O–H groups in total. The van der Waals surface area contributed by atoms with Crippen molar-refractivity contribution < 1.29 is 13.6 Å². The average Bonchev–Trinajstić information content (AvgIpc) is 3.34. The Labute approximate surface area is 146 Å². The number of hydrogen-bond acceptors (Lipinski definition) is 5. The maximum Gasteiger partial charge on any atom is 0.317 e. The molecule has 1 aliphatic carbocycles. The number of carbonyl (C=O) groups is 1. The Morgan fingerprint density at radius 1 is 1.12 bits per heavy atom. The van der Waals surface area contributed by atoms with E-state index in [0.717, 1.165) is 44.3 Å². The van der Waals surface area contributed by atoms with Crippen molar-refractivity contribution in [3.05, 3.63) is 24.5 Å². The number of amides is 2. The number of urea groups is 1. The molecule has 7 heteroatoms. The second kappa shape index (κ2) is 7.29. The SMILES string of the molecule is O=C(NC1CCCCC1)N1CCC(c2nnc(-c3ccoc3)o2)CC1. The highest BCUT2D eigenvalue weighted by Gasteiger charge is 2.28. The number of nitrogens with zero attached hydrogens (tertiary/aromatic N) is 3. The van der Waals surface area contributed by atoms with E-state index >= 15 is 0 Å². The van der Waals surface area contributed by atoms with Crippen molar-refractivity contribution in [2.75, 3.05) is 13.1 Å². The summed E-state index contributed by atoms with van der Waals surface area (Å²) in [5.41, 5.74) is 0.794. The van der Waals surface area contributed by atoms with Crippen LogP contribution in [-0.2, 0) is 0 Å². The van der Waals surface area contributed by atoms with E-state index in [1.807, 2.05) is 4.90 Å². The average molecular weight is 344 g/mol. The maximum atomic E-state index is 12.4. The Balaban J connectivity index is 1.30. The summed E-state index contributed by atoms with van der Waals surface area (Å²) in [5, 5.41) is 11.5. The lowest BCUT2D eigenvalue weighted by Crippen LogP contribution is -2.48. The van der Waals surface area contributed by atoms with E-state index in [4.69, 9.17) is 8.83 Å². The molecular formula is C18H24N4O3. The smallest absolute Gasteiger partial charge is 0.317 e. The van der Waals surface area contributed by atoms with Crippen LogP contribution >= 0.6 is 0 Å². The molecule has 0 radical (unpaired) electrons. The van der Waals surface area contributed by atoms with Crippen LogP contribution in [0, 0.1) is 0 Å². The number of rotatable bonds is 3. The zero-order valence-corrected chi connectivity index (χ0v) is 14.3. The van der Waals surface area contributed by atoms with Crippen LogP contribution in [0.5, 0.6) is 0 Å². The van der Waals surface area contributed by atoms with Gasteiger partial charge in [0.1, 0.15) is 6.26 Å². The Bertz CT molecular complexity index is 683. The molecule has 7 nitrogen and oxygen atoms in total. The zero-order chi connectivity index (χ0) is 17.1. The summed E-state index contributed by atoms with van der Waals surface area (Å²) in [6, 6.07) is 2.23. The van der Waals surface area contributed by atoms with Gasteiger partial charge in [-0.1, -0.05) is 19.3 Å². The van der Waals surface area contributed by atoms with Crippen LogP contribution in [0.2, 0.25) is 0 Å². The summed E-state index contributed by atoms with van der Waals surface area (Å²) in [4.78, 5) is 14.3. The fourth-order valence-electron chi connectivity index (χ4n) is 3.74. The predicted octanol–water partition coefficient (Wildman–Crippen LogP) is 3.55. The first-order valence-corrected chi connectivity index (χ1v) is 9.21. The molecule has 0 unspecified atom stereocenters. The van der Waals surface area contributed by atoms with Crippen LogP contribution in [0.25, 0.3) is 11.5 Å². The van der Waals surface area contributed by atoms with E-state index in [-0.39, 0.29) is 11.9 Å². The summed E-state index contributed by atoms with van der Waals surface area (Å²) < 4.78 is 10.8. The van der Waals surface area contributed by atoms with E-state index in [1.165, 1.54) is 19.3 Å². The molecule has 2 amide bonds. The third-order valence-electron chi connectivity index (χ3n) is 5.27. The van der Waals surface area contributed by atoms with Gasteiger partial charge in [0.15, 0.2) is 0 Å². The van der Waals surface area contributed by atoms with Crippen molar-refractivity contribution in [1.29, 1.82) is 0 Å². The summed E-state index contributed by atoms with van der Waals surface area (Å²) >= 11 is 0. The third kappa shape index (κ3) is 3.70. The van der Waals surface area contributed by atoms with E-state index < -0.39 is 0 Å². The van der Waals surface area contributed by atoms with Crippen molar-refractivity contribution in [3.63, 3.8) is 0 Å². The van der Waals surface area contributed by atoms with E-state index in [0.29, 0.717) is 17.8 Å². The van der Waals surface area contributed by atoms with Crippen molar-refractivity contribution in [3.8, 4) is 11.5 Å². The quantitative estimate of drug-likeness (QED) is 0.920. The lowest BCUT2D eigenvalue weighted by molar-refractivity contribution is 0.171. The van der Waals surface area contributed by atoms with Crippen LogP contribution in [0.3, 0.4) is 0 Å². The molecule has 0 aromatic carbocycles. The molecule has 2 fully saturated rings. The number of aromatic nitrogens is 2. The minimum absolute atomic E-state index is 0.0787. The number of piperidine rings is 1. The molecule has 2 aliphatic rings. The highest BCUT2D eigenvalue weighted by atomic mass is 16.4. The first-order valence-electron chi connectivity index (χ1n) is 9.21. The van der Waals surface area contributed by atoms with Crippen LogP contribution in [0.4, 0.5) is 4.79 Å². The number of likely N-dealkylation sites (tertiary alicyclic amines) is 1. The lowest BCUT2D eigenvalue weighted by Gasteiger charge is -2.32. The Morgan fingerprint density at radius 2 is 1.92 bits per heavy atom. The van der Waals surface area contributed by atoms with E-state index in [2.05, 4.69) is 15.5 Å². The molecule has 0 spiro atoms. The van der Waals surface area contributed by atoms with Gasteiger partial charge < -0.3 is 19.1 Å². The molecule has 0 atom stereocenters. The van der Waals surface area contributed by atoms with E-state index in [9.17, 15) is 4.79 Å². The Kier molecular flexibility index (Phi) is 4.72. The van der Waals surface area contributed by atoms with Crippen molar-refractivity contribution >= 4 is 6.03 Å². The van der Waals surface area contributed by atoms with Crippen LogP contribution in [-0.4, -0.2) is 40.3 Å². The van der Waals surface area contributed by atoms with Gasteiger partial charge >= 0.3 is 6.03 Å². The summed E-state index contributed by atoms with van der Waals surface area (Å²) in [6.07, 6.45) is 10.9. The largest absolute Gasteiger partial charge is 0.472 e. The fraction of sp³-hybridized carbons (Fsp3) is 0.611. The van der Waals surface area contributed by atoms with Gasteiger partial charge in [0, 0.05) is 25.0 Å². The number of furan rings is 1. The van der Waals surface area contributed by atoms with Gasteiger partial charge in [-0.15, -0.1) is 10.2 Å². The van der Waals surface area contributed by atoms with Crippen molar-refractivity contribution in [2.45, 2.75) is 56.9 Å². The van der Waals surface area contributed by atoms with Gasteiger partial charge in [0.2, 0.25) is 5.89 Å². The minimum Gasteiger partial charge on any atom is -0.472 e. The summed E-state index contributed by atoms with van der Waals surface area (Å²) in [7, 11) is 0. The first-order chi connectivity index (χ1) is 12.3. The zero-order valence-electron chi connectivity index (χ0n) is 14.3. The second-order valence-corrected chi connectivity index (χ2v) is 7.00. The van der Waals surface area contributed by atoms with E-state index in [1.54, 1.807) is 18.6 Å². The standard InChI is InChI=1S/C18H24N4O3/c23-18(19-15-4-2-1-3-5-15)22-9-6-13(7-10-22)16-20-21-17(25-16)14-8-11-24-12-14/h8,11-13,15H,1-7,9-10H2,(H,19,23). The monoisotopic (exact) mass is 344 g/mol. The Hall–Kier alpha value is -2.31. The summed E-state index contributed by atoms with van der Waals surface area (Å²) in [5.74, 6) is 1.36. The maximum absolute atomic E-state index is 12.4. The molecule has 1 aliphatic heterocycles. The number of carbonyl (C=O) groups excluding carboxylic acids is 1. The molecule has 1 saturated carbocycles. The molecule has 1 saturated heterocycles. The highest BCUT2D eigenvalue weighted by molar-refractivity contribution is 5.74. The van der Waals surface area contributed by atoms with Gasteiger partial charge in [-0.25, -0.2) is 4.79 Å². The molecule has 0 bridgehead atoms. The molecule has 2 aromatic rings. The van der Waals surface area contributed by atoms with Gasteiger partial charge in [0.05, 0.1) is 11.8 Å². The molecular weight excluding hydrogens is 320 g/mol. The fourth-order valence-corrected chi connectivity index (χ4v) is 3.74. The van der Waals surface area contributed by atoms with Gasteiger partial charge in [-0.05, 0) is 31.7 Å². The second-order valence-electron chi connectivity index (χ2n) is 7.00.